The molecule has 6 nitrogen and oxygen atoms in total. The molecule has 0 spiro atoms. The molecule has 0 fully saturated rings. The average Bonchev–Trinajstić information content (AvgIpc) is 4.30. The highest BCUT2D eigenvalue weighted by atomic mass is 15.2. The molecule has 0 aliphatic heterocycles. The molecular weight excluding hydrogens is 997 g/mol. The van der Waals surface area contributed by atoms with Crippen LogP contribution in [-0.4, -0.2) is 29.1 Å². The van der Waals surface area contributed by atoms with Gasteiger partial charge in [-0.3, -0.25) is 9.13 Å². The monoisotopic (exact) mass is 1040 g/mol. The van der Waals surface area contributed by atoms with Crippen LogP contribution in [0.2, 0.25) is 0 Å². The molecule has 0 bridgehead atoms. The molecule has 4 heterocycles. The summed E-state index contributed by atoms with van der Waals surface area (Å²) >= 11 is 0. The third-order valence-electron chi connectivity index (χ3n) is 16.1. The number of hydrogen-bond donors (Lipinski definition) is 0. The molecule has 382 valence electrons. The zero-order valence-electron chi connectivity index (χ0n) is 44.4. The van der Waals surface area contributed by atoms with Crippen LogP contribution in [0.1, 0.15) is 0 Å². The molecule has 0 radical (unpaired) electrons. The van der Waals surface area contributed by atoms with Gasteiger partial charge >= 0.3 is 0 Å². The molecule has 16 aromatic rings. The smallest absolute Gasteiger partial charge is 0.235 e. The van der Waals surface area contributed by atoms with Crippen molar-refractivity contribution in [1.82, 2.24) is 29.1 Å². The van der Waals surface area contributed by atoms with E-state index in [0.717, 1.165) is 122 Å². The summed E-state index contributed by atoms with van der Waals surface area (Å²) in [6.45, 7) is 0. The Morgan fingerprint density at radius 3 is 0.951 bits per heavy atom. The van der Waals surface area contributed by atoms with Gasteiger partial charge in [0.15, 0.2) is 5.82 Å². The first-order valence-electron chi connectivity index (χ1n) is 27.8. The minimum atomic E-state index is 0.610. The van der Waals surface area contributed by atoms with Gasteiger partial charge in [0.1, 0.15) is 5.82 Å². The van der Waals surface area contributed by atoms with E-state index in [1.54, 1.807) is 0 Å². The Kier molecular flexibility index (Phi) is 11.1. The Hall–Kier alpha value is -11.1. The van der Waals surface area contributed by atoms with Crippen LogP contribution in [0.5, 0.6) is 0 Å². The zero-order valence-corrected chi connectivity index (χ0v) is 44.4. The first-order chi connectivity index (χ1) is 40.6. The summed E-state index contributed by atoms with van der Waals surface area (Å²) in [4.78, 5) is 21.3. The molecule has 6 heteroatoms. The van der Waals surface area contributed by atoms with Crippen molar-refractivity contribution in [3.63, 3.8) is 0 Å². The van der Waals surface area contributed by atoms with E-state index in [4.69, 9.17) is 19.9 Å². The van der Waals surface area contributed by atoms with Crippen LogP contribution in [0.3, 0.4) is 0 Å². The third kappa shape index (κ3) is 8.20. The van der Waals surface area contributed by atoms with Gasteiger partial charge in [0.2, 0.25) is 5.95 Å². The lowest BCUT2D eigenvalue weighted by molar-refractivity contribution is 0.995. The van der Waals surface area contributed by atoms with Crippen LogP contribution in [0, 0.1) is 0 Å². The molecule has 12 aromatic carbocycles. The summed E-state index contributed by atoms with van der Waals surface area (Å²) < 4.78 is 4.56. The number of fused-ring (bicyclic) bond motifs is 8. The van der Waals surface area contributed by atoms with Gasteiger partial charge in [-0.15, -0.1) is 0 Å². The minimum absolute atomic E-state index is 0.610. The highest BCUT2D eigenvalue weighted by molar-refractivity contribution is 6.14. The van der Waals surface area contributed by atoms with Gasteiger partial charge in [-0.25, -0.2) is 19.9 Å². The maximum atomic E-state index is 5.39. The Balaban J connectivity index is 0.921. The fourth-order valence-corrected chi connectivity index (χ4v) is 12.0. The SMILES string of the molecule is c1ccc(-c2cc(-n3c4ccc(-c5ccc6ccccc6c5)cc4c4cc(-c5ccc6c(c5)c5cc(-c7ccc8ccccc8c7)ccc5n6-c5nc(-c6ccccc6)cc(-c6ccccc6)n5)ccc43)nc(-c3ccccc3)n2)cc1. The van der Waals surface area contributed by atoms with Crippen LogP contribution in [0.25, 0.3) is 155 Å². The number of benzene rings is 12. The molecule has 4 aromatic heterocycles. The average molecular weight is 1050 g/mol. The minimum Gasteiger partial charge on any atom is -0.294 e. The van der Waals surface area contributed by atoms with Crippen LogP contribution in [0.4, 0.5) is 0 Å². The Bertz CT molecular complexity index is 4700. The van der Waals surface area contributed by atoms with Gasteiger partial charge in [0, 0.05) is 49.9 Å². The maximum absolute atomic E-state index is 5.39. The van der Waals surface area contributed by atoms with Crippen LogP contribution < -0.4 is 0 Å². The van der Waals surface area contributed by atoms with E-state index >= 15 is 0 Å². The van der Waals surface area contributed by atoms with Crippen LogP contribution in [-0.2, 0) is 0 Å². The maximum Gasteiger partial charge on any atom is 0.235 e. The fraction of sp³-hybridized carbons (Fsp3) is 0. The normalized spacial score (nSPS) is 11.7. The Morgan fingerprint density at radius 1 is 0.207 bits per heavy atom. The van der Waals surface area contributed by atoms with Crippen LogP contribution >= 0.6 is 0 Å². The molecule has 82 heavy (non-hydrogen) atoms. The molecular formula is C76H48N6. The molecule has 16 rings (SSSR count). The molecule has 0 atom stereocenters. The molecule has 0 aliphatic rings. The van der Waals surface area contributed by atoms with Crippen molar-refractivity contribution in [2.24, 2.45) is 0 Å². The lowest BCUT2D eigenvalue weighted by Gasteiger charge is -2.12. The molecule has 0 amide bonds. The molecule has 0 saturated heterocycles. The van der Waals surface area contributed by atoms with Crippen molar-refractivity contribution in [2.75, 3.05) is 0 Å². The van der Waals surface area contributed by atoms with E-state index in [1.165, 1.54) is 21.5 Å². The molecule has 0 aliphatic carbocycles. The Morgan fingerprint density at radius 2 is 0.537 bits per heavy atom. The zero-order chi connectivity index (χ0) is 54.1. The predicted molar refractivity (Wildman–Crippen MR) is 339 cm³/mol. The summed E-state index contributed by atoms with van der Waals surface area (Å²) in [5.41, 5.74) is 17.5. The van der Waals surface area contributed by atoms with Crippen molar-refractivity contribution >= 4 is 65.2 Å². The largest absolute Gasteiger partial charge is 0.294 e. The lowest BCUT2D eigenvalue weighted by atomic mass is 9.97. The van der Waals surface area contributed by atoms with Crippen molar-refractivity contribution in [3.8, 4) is 90.3 Å². The van der Waals surface area contributed by atoms with Crippen molar-refractivity contribution < 1.29 is 0 Å². The highest BCUT2D eigenvalue weighted by Crippen LogP contribution is 2.42. The Labute approximate surface area is 473 Å². The van der Waals surface area contributed by atoms with Crippen molar-refractivity contribution in [2.45, 2.75) is 0 Å². The fourth-order valence-electron chi connectivity index (χ4n) is 12.0. The summed E-state index contributed by atoms with van der Waals surface area (Å²) in [6.07, 6.45) is 0. The van der Waals surface area contributed by atoms with E-state index in [9.17, 15) is 0 Å². The highest BCUT2D eigenvalue weighted by Gasteiger charge is 2.22. The summed E-state index contributed by atoms with van der Waals surface area (Å²) in [7, 11) is 0. The number of nitrogens with zero attached hydrogens (tertiary/aromatic N) is 6. The van der Waals surface area contributed by atoms with E-state index in [0.29, 0.717) is 11.8 Å². The second-order valence-corrected chi connectivity index (χ2v) is 21.1. The topological polar surface area (TPSA) is 61.4 Å². The molecule has 0 saturated carbocycles. The first kappa shape index (κ1) is 47.0. The summed E-state index contributed by atoms with van der Waals surface area (Å²) in [5, 5.41) is 9.32. The number of aromatic nitrogens is 6. The third-order valence-corrected chi connectivity index (χ3v) is 16.1. The van der Waals surface area contributed by atoms with Gasteiger partial charge in [-0.2, -0.15) is 0 Å². The predicted octanol–water partition coefficient (Wildman–Crippen LogP) is 19.4. The summed E-state index contributed by atoms with van der Waals surface area (Å²) in [5.74, 6) is 2.07. The van der Waals surface area contributed by atoms with E-state index in [1.807, 2.05) is 36.4 Å². The van der Waals surface area contributed by atoms with Gasteiger partial charge in [0.25, 0.3) is 0 Å². The first-order valence-corrected chi connectivity index (χ1v) is 27.8. The quantitative estimate of drug-likeness (QED) is 0.145. The van der Waals surface area contributed by atoms with Gasteiger partial charge in [-0.1, -0.05) is 218 Å². The van der Waals surface area contributed by atoms with Crippen molar-refractivity contribution in [3.05, 3.63) is 291 Å². The second-order valence-electron chi connectivity index (χ2n) is 21.1. The van der Waals surface area contributed by atoms with E-state index in [-0.39, 0.29) is 0 Å². The van der Waals surface area contributed by atoms with Gasteiger partial charge < -0.3 is 0 Å². The second kappa shape index (κ2) is 19.4. The van der Waals surface area contributed by atoms with Gasteiger partial charge in [-0.05, 0) is 122 Å². The molecule has 0 N–H and O–H groups in total. The number of rotatable bonds is 9. The van der Waals surface area contributed by atoms with Crippen molar-refractivity contribution in [1.29, 1.82) is 0 Å². The number of hydrogen-bond acceptors (Lipinski definition) is 4. The molecule has 0 unspecified atom stereocenters. The van der Waals surface area contributed by atoms with Gasteiger partial charge in [0.05, 0.1) is 39.1 Å². The van der Waals surface area contributed by atoms with Crippen LogP contribution in [0.15, 0.2) is 291 Å². The van der Waals surface area contributed by atoms with E-state index in [2.05, 4.69) is 264 Å². The standard InChI is InChI=1S/C76H48N6/c1-5-19-51(20-6-1)67-47-68(52-21-7-2-8-22-52)79-76(78-67)82-72-39-35-60(58-32-30-50-18-14-16-28-56(50)42-58)44-65(72)66-46-62(36-40-73(66)82)61-34-38-71-64(45-61)63-43-59(57-31-29-49-17-13-15-27-55(49)41-57)33-37-70(63)81(71)74-48-69(53-23-9-3-10-24-53)77-75(80-74)54-25-11-4-12-26-54/h1-48H. The van der Waals surface area contributed by atoms with E-state index < -0.39 is 0 Å². The lowest BCUT2D eigenvalue weighted by Crippen LogP contribution is -2.04. The summed E-state index contributed by atoms with van der Waals surface area (Å²) in [6, 6.07) is 104.